The highest BCUT2D eigenvalue weighted by atomic mass is 19.3. The molecule has 0 unspecified atom stereocenters. The van der Waals surface area contributed by atoms with Gasteiger partial charge in [0.15, 0.2) is 0 Å². The zero-order chi connectivity index (χ0) is 11.5. The van der Waals surface area contributed by atoms with Crippen LogP contribution in [0.25, 0.3) is 0 Å². The van der Waals surface area contributed by atoms with Gasteiger partial charge in [-0.3, -0.25) is 10.1 Å². The summed E-state index contributed by atoms with van der Waals surface area (Å²) >= 11 is 0. The molecule has 0 aromatic rings. The van der Waals surface area contributed by atoms with Crippen LogP contribution in [0.3, 0.4) is 0 Å². The summed E-state index contributed by atoms with van der Waals surface area (Å²) in [6.07, 6.45) is 2.47. The van der Waals surface area contributed by atoms with Gasteiger partial charge in [0, 0.05) is 6.54 Å². The Kier molecular flexibility index (Phi) is 8.63. The highest BCUT2D eigenvalue weighted by molar-refractivity contribution is 5.77. The van der Waals surface area contributed by atoms with E-state index >= 15 is 0 Å². The molecule has 0 spiro atoms. The molecule has 1 amide bonds. The van der Waals surface area contributed by atoms with E-state index in [2.05, 4.69) is 21.3 Å². The molecule has 0 heterocycles. The van der Waals surface area contributed by atoms with Crippen LogP contribution in [0.15, 0.2) is 0 Å². The molecule has 0 bridgehead atoms. The van der Waals surface area contributed by atoms with Crippen molar-refractivity contribution in [2.24, 2.45) is 0 Å². The SMILES string of the molecule is C#CCNCC(=O)NCCOCC(F)F. The molecule has 86 valence electrons. The van der Waals surface area contributed by atoms with Crippen LogP contribution >= 0.6 is 0 Å². The second kappa shape index (κ2) is 9.37. The Morgan fingerprint density at radius 3 is 2.87 bits per heavy atom. The lowest BCUT2D eigenvalue weighted by Crippen LogP contribution is -2.35. The van der Waals surface area contributed by atoms with E-state index < -0.39 is 13.0 Å². The molecule has 0 aliphatic rings. The largest absolute Gasteiger partial charge is 0.374 e. The van der Waals surface area contributed by atoms with E-state index in [1.54, 1.807) is 0 Å². The summed E-state index contributed by atoms with van der Waals surface area (Å²) in [5.41, 5.74) is 0. The van der Waals surface area contributed by atoms with Gasteiger partial charge in [0.1, 0.15) is 6.61 Å². The van der Waals surface area contributed by atoms with Crippen molar-refractivity contribution in [2.75, 3.05) is 32.8 Å². The Morgan fingerprint density at radius 2 is 2.27 bits per heavy atom. The molecule has 6 heteroatoms. The number of terminal acetylenes is 1. The Bertz CT molecular complexity index is 217. The average Bonchev–Trinajstić information content (AvgIpc) is 2.17. The molecule has 0 saturated heterocycles. The highest BCUT2D eigenvalue weighted by Crippen LogP contribution is 1.90. The molecule has 0 aromatic heterocycles. The molecule has 2 N–H and O–H groups in total. The fourth-order valence-electron chi connectivity index (χ4n) is 0.746. The third kappa shape index (κ3) is 10.7. The van der Waals surface area contributed by atoms with Crippen LogP contribution in [-0.2, 0) is 9.53 Å². The molecule has 4 nitrogen and oxygen atoms in total. The topological polar surface area (TPSA) is 50.4 Å². The first-order chi connectivity index (χ1) is 7.16. The number of hydrogen-bond donors (Lipinski definition) is 2. The van der Waals surface area contributed by atoms with E-state index in [0.29, 0.717) is 6.54 Å². The summed E-state index contributed by atoms with van der Waals surface area (Å²) < 4.78 is 27.7. The zero-order valence-corrected chi connectivity index (χ0v) is 8.26. The predicted molar refractivity (Wildman–Crippen MR) is 51.5 cm³/mol. The first kappa shape index (κ1) is 13.8. The lowest BCUT2D eigenvalue weighted by atomic mass is 10.5. The monoisotopic (exact) mass is 220 g/mol. The first-order valence-electron chi connectivity index (χ1n) is 4.43. The Morgan fingerprint density at radius 1 is 1.53 bits per heavy atom. The predicted octanol–water partition coefficient (Wildman–Crippen LogP) is -0.393. The van der Waals surface area contributed by atoms with Crippen molar-refractivity contribution in [1.82, 2.24) is 10.6 Å². The van der Waals surface area contributed by atoms with Crippen LogP contribution in [0.5, 0.6) is 0 Å². The van der Waals surface area contributed by atoms with Crippen LogP contribution in [0.1, 0.15) is 0 Å². The van der Waals surface area contributed by atoms with Gasteiger partial charge in [-0.25, -0.2) is 8.78 Å². The quantitative estimate of drug-likeness (QED) is 0.432. The van der Waals surface area contributed by atoms with E-state index in [0.717, 1.165) is 0 Å². The maximum Gasteiger partial charge on any atom is 0.261 e. The number of rotatable bonds is 8. The first-order valence-corrected chi connectivity index (χ1v) is 4.43. The van der Waals surface area contributed by atoms with Crippen LogP contribution in [0.2, 0.25) is 0 Å². The van der Waals surface area contributed by atoms with Gasteiger partial charge in [-0.1, -0.05) is 5.92 Å². The number of carbonyl (C=O) groups excluding carboxylic acids is 1. The number of hydrogen-bond acceptors (Lipinski definition) is 3. The Balaban J connectivity index is 3.21. The van der Waals surface area contributed by atoms with Crippen LogP contribution in [0.4, 0.5) is 8.78 Å². The second-order valence-electron chi connectivity index (χ2n) is 2.62. The number of alkyl halides is 2. The van der Waals surface area contributed by atoms with Gasteiger partial charge < -0.3 is 10.1 Å². The molecular formula is C9H14F2N2O2. The Labute approximate surface area is 87.4 Å². The smallest absolute Gasteiger partial charge is 0.261 e. The van der Waals surface area contributed by atoms with Gasteiger partial charge in [-0.15, -0.1) is 6.42 Å². The average molecular weight is 220 g/mol. The summed E-state index contributed by atoms with van der Waals surface area (Å²) in [6, 6.07) is 0. The van der Waals surface area contributed by atoms with E-state index in [-0.39, 0.29) is 25.6 Å². The summed E-state index contributed by atoms with van der Waals surface area (Å²) in [4.78, 5) is 11.0. The molecular weight excluding hydrogens is 206 g/mol. The van der Waals surface area contributed by atoms with Gasteiger partial charge in [-0.05, 0) is 0 Å². The lowest BCUT2D eigenvalue weighted by molar-refractivity contribution is -0.120. The maximum absolute atomic E-state index is 11.6. The number of nitrogens with one attached hydrogen (secondary N) is 2. The van der Waals surface area contributed by atoms with Gasteiger partial charge in [0.25, 0.3) is 6.43 Å². The van der Waals surface area contributed by atoms with Crippen molar-refractivity contribution in [2.45, 2.75) is 6.43 Å². The fourth-order valence-corrected chi connectivity index (χ4v) is 0.746. The van der Waals surface area contributed by atoms with Crippen LogP contribution < -0.4 is 10.6 Å². The summed E-state index contributed by atoms with van der Waals surface area (Å²) in [5, 5.41) is 5.16. The normalized spacial score (nSPS) is 10.0. The van der Waals surface area contributed by atoms with Gasteiger partial charge in [0.05, 0.1) is 19.7 Å². The van der Waals surface area contributed by atoms with Gasteiger partial charge in [-0.2, -0.15) is 0 Å². The zero-order valence-electron chi connectivity index (χ0n) is 8.26. The van der Waals surface area contributed by atoms with Crippen molar-refractivity contribution >= 4 is 5.91 Å². The molecule has 0 radical (unpaired) electrons. The minimum absolute atomic E-state index is 0.0746. The van der Waals surface area contributed by atoms with E-state index in [1.165, 1.54) is 0 Å². The van der Waals surface area contributed by atoms with E-state index in [9.17, 15) is 13.6 Å². The highest BCUT2D eigenvalue weighted by Gasteiger charge is 2.02. The molecule has 0 aliphatic carbocycles. The van der Waals surface area contributed by atoms with Gasteiger partial charge >= 0.3 is 0 Å². The molecule has 0 fully saturated rings. The van der Waals surface area contributed by atoms with E-state index in [4.69, 9.17) is 6.42 Å². The lowest BCUT2D eigenvalue weighted by Gasteiger charge is -2.05. The minimum atomic E-state index is -2.47. The molecule has 0 saturated carbocycles. The Hall–Kier alpha value is -1.19. The maximum atomic E-state index is 11.6. The standard InChI is InChI=1S/C9H14F2N2O2/c1-2-3-12-6-9(14)13-4-5-15-7-8(10)11/h1,8,12H,3-7H2,(H,13,14). The fraction of sp³-hybridized carbons (Fsp3) is 0.667. The number of carbonyl (C=O) groups is 1. The van der Waals surface area contributed by atoms with Crippen LogP contribution in [0, 0.1) is 12.3 Å². The summed E-state index contributed by atoms with van der Waals surface area (Å²) in [5.74, 6) is 2.07. The van der Waals surface area contributed by atoms with Crippen molar-refractivity contribution in [3.8, 4) is 12.3 Å². The third-order valence-corrected chi connectivity index (χ3v) is 1.33. The molecule has 0 atom stereocenters. The number of amides is 1. The molecule has 0 aliphatic heterocycles. The van der Waals surface area contributed by atoms with Crippen molar-refractivity contribution in [3.63, 3.8) is 0 Å². The molecule has 15 heavy (non-hydrogen) atoms. The molecule has 0 rings (SSSR count). The number of halogens is 2. The summed E-state index contributed by atoms with van der Waals surface area (Å²) in [7, 11) is 0. The molecule has 0 aromatic carbocycles. The van der Waals surface area contributed by atoms with Gasteiger partial charge in [0.2, 0.25) is 5.91 Å². The minimum Gasteiger partial charge on any atom is -0.374 e. The summed E-state index contributed by atoms with van der Waals surface area (Å²) in [6.45, 7) is 0.105. The second-order valence-corrected chi connectivity index (χ2v) is 2.62. The number of ether oxygens (including phenoxy) is 1. The van der Waals surface area contributed by atoms with E-state index in [1.807, 2.05) is 0 Å². The third-order valence-electron chi connectivity index (χ3n) is 1.33. The van der Waals surface area contributed by atoms with Crippen molar-refractivity contribution in [1.29, 1.82) is 0 Å². The van der Waals surface area contributed by atoms with Crippen molar-refractivity contribution < 1.29 is 18.3 Å². The van der Waals surface area contributed by atoms with Crippen LogP contribution in [-0.4, -0.2) is 45.2 Å². The van der Waals surface area contributed by atoms with Crippen molar-refractivity contribution in [3.05, 3.63) is 0 Å².